The number of aromatic nitrogens is 3. The van der Waals surface area contributed by atoms with Gasteiger partial charge in [-0.15, -0.1) is 0 Å². The zero-order valence-corrected chi connectivity index (χ0v) is 16.3. The lowest BCUT2D eigenvalue weighted by molar-refractivity contribution is -0.647. The molecule has 8 nitrogen and oxygen atoms in total. The highest BCUT2D eigenvalue weighted by molar-refractivity contribution is 6.04. The zero-order chi connectivity index (χ0) is 19.8. The summed E-state index contributed by atoms with van der Waals surface area (Å²) in [5.41, 5.74) is 3.05. The number of aryl methyl sites for hydroxylation is 1. The van der Waals surface area contributed by atoms with Crippen LogP contribution < -0.4 is 9.88 Å². The molecule has 0 radical (unpaired) electrons. The lowest BCUT2D eigenvalue weighted by atomic mass is 10.0. The largest absolute Gasteiger partial charge is 0.347 e. The molecule has 2 aromatic heterocycles. The van der Waals surface area contributed by atoms with Crippen LogP contribution in [-0.4, -0.2) is 52.1 Å². The van der Waals surface area contributed by atoms with E-state index in [0.717, 1.165) is 37.0 Å². The van der Waals surface area contributed by atoms with Crippen molar-refractivity contribution in [2.24, 2.45) is 13.0 Å². The lowest BCUT2D eigenvalue weighted by Gasteiger charge is -2.33. The van der Waals surface area contributed by atoms with Crippen LogP contribution in [0.3, 0.4) is 0 Å². The van der Waals surface area contributed by atoms with Gasteiger partial charge in [-0.2, -0.15) is 0 Å². The molecule has 2 amide bonds. The molecule has 2 fully saturated rings. The van der Waals surface area contributed by atoms with Crippen molar-refractivity contribution < 1.29 is 19.0 Å². The molecule has 2 aromatic rings. The predicted octanol–water partition coefficient (Wildman–Crippen LogP) is 0.821. The van der Waals surface area contributed by atoms with Crippen LogP contribution in [-0.2, 0) is 16.6 Å². The van der Waals surface area contributed by atoms with Gasteiger partial charge in [-0.05, 0) is 32.6 Å². The number of carbonyl (C=O) groups is 3. The Morgan fingerprint density at radius 2 is 2.18 bits per heavy atom. The highest BCUT2D eigenvalue weighted by Gasteiger charge is 2.31. The third-order valence-electron chi connectivity index (χ3n) is 5.65. The smallest absolute Gasteiger partial charge is 0.306 e. The molecule has 2 N–H and O–H groups in total. The Kier molecular flexibility index (Phi) is 4.87. The summed E-state index contributed by atoms with van der Waals surface area (Å²) in [7, 11) is 1.95. The second-order valence-electron chi connectivity index (χ2n) is 7.97. The normalized spacial score (nSPS) is 20.8. The number of H-pyrrole nitrogens is 1. The van der Waals surface area contributed by atoms with Crippen LogP contribution in [0, 0.1) is 5.92 Å². The molecule has 0 aromatic carbocycles. The molecular formula is C20H26N5O3+. The Hall–Kier alpha value is -2.77. The summed E-state index contributed by atoms with van der Waals surface area (Å²) in [4.78, 5) is 45.7. The molecule has 28 heavy (non-hydrogen) atoms. The van der Waals surface area contributed by atoms with Gasteiger partial charge in [-0.1, -0.05) is 0 Å². The van der Waals surface area contributed by atoms with Gasteiger partial charge in [0.25, 0.3) is 5.91 Å². The summed E-state index contributed by atoms with van der Waals surface area (Å²) in [5, 5.41) is 3.05. The first-order valence-corrected chi connectivity index (χ1v) is 9.90. The number of piperidine rings is 1. The third-order valence-corrected chi connectivity index (χ3v) is 5.65. The number of rotatable bonds is 5. The average Bonchev–Trinajstić information content (AvgIpc) is 3.46. The van der Waals surface area contributed by atoms with Crippen LogP contribution in [0.2, 0.25) is 0 Å². The van der Waals surface area contributed by atoms with Gasteiger partial charge < -0.3 is 15.0 Å². The molecule has 148 valence electrons. The number of fused-ring (bicyclic) bond motifs is 1. The molecule has 0 spiro atoms. The number of amides is 2. The van der Waals surface area contributed by atoms with E-state index in [1.807, 2.05) is 17.8 Å². The molecule has 0 bridgehead atoms. The van der Waals surface area contributed by atoms with Gasteiger partial charge in [-0.25, -0.2) is 14.5 Å². The maximum Gasteiger partial charge on any atom is 0.306 e. The first-order valence-electron chi connectivity index (χ1n) is 9.90. The number of nitrogens with zero attached hydrogens (tertiary/aromatic N) is 3. The van der Waals surface area contributed by atoms with Crippen LogP contribution >= 0.6 is 0 Å². The van der Waals surface area contributed by atoms with Gasteiger partial charge >= 0.3 is 5.65 Å². The average molecular weight is 384 g/mol. The summed E-state index contributed by atoms with van der Waals surface area (Å²) in [6, 6.07) is -0.130. The zero-order valence-electron chi connectivity index (χ0n) is 16.3. The van der Waals surface area contributed by atoms with Crippen LogP contribution in [0.15, 0.2) is 12.4 Å². The fourth-order valence-electron chi connectivity index (χ4n) is 3.86. The van der Waals surface area contributed by atoms with E-state index in [4.69, 9.17) is 4.98 Å². The van der Waals surface area contributed by atoms with Gasteiger partial charge in [0.05, 0.1) is 18.7 Å². The maximum atomic E-state index is 12.9. The van der Waals surface area contributed by atoms with E-state index in [1.165, 1.54) is 0 Å². The summed E-state index contributed by atoms with van der Waals surface area (Å²) >= 11 is 0. The Morgan fingerprint density at radius 3 is 2.89 bits per heavy atom. The number of likely N-dealkylation sites (tertiary alicyclic amines) is 1. The summed E-state index contributed by atoms with van der Waals surface area (Å²) in [6.07, 6.45) is 8.29. The van der Waals surface area contributed by atoms with Crippen molar-refractivity contribution in [1.29, 1.82) is 0 Å². The second kappa shape index (κ2) is 7.33. The number of hydrogen-bond donors (Lipinski definition) is 2. The SMILES string of the molecule is CC(C=O)C(=O)N1CCCC(NC(=O)c2c[nH]c3c2nc(C2CC2)c[n+]3C)C1. The Labute approximate surface area is 163 Å². The standard InChI is InChI=1S/C20H25N5O3/c1-12(11-26)20(28)25-7-3-4-14(9-25)22-19(27)15-8-21-18-17(15)23-16(10-24(18)2)13-5-6-13/h8,10-14H,3-7,9H2,1-2H3,(H,22,27)/p+1. The lowest BCUT2D eigenvalue weighted by Crippen LogP contribution is -2.50. The van der Waals surface area contributed by atoms with Crippen LogP contribution in [0.25, 0.3) is 11.2 Å². The number of aromatic amines is 1. The van der Waals surface area contributed by atoms with Crippen molar-refractivity contribution in [1.82, 2.24) is 20.2 Å². The molecule has 8 heteroatoms. The number of nitrogens with one attached hydrogen (secondary N) is 2. The fraction of sp³-hybridized carbons (Fsp3) is 0.550. The van der Waals surface area contributed by atoms with E-state index >= 15 is 0 Å². The molecule has 2 atom stereocenters. The Bertz CT molecular complexity index is 933. The minimum absolute atomic E-state index is 0.130. The predicted molar refractivity (Wildman–Crippen MR) is 102 cm³/mol. The fourth-order valence-corrected chi connectivity index (χ4v) is 3.86. The van der Waals surface area contributed by atoms with E-state index < -0.39 is 5.92 Å². The third kappa shape index (κ3) is 3.50. The molecular weight excluding hydrogens is 358 g/mol. The molecule has 1 saturated heterocycles. The van der Waals surface area contributed by atoms with Crippen molar-refractivity contribution in [3.05, 3.63) is 23.7 Å². The molecule has 1 aliphatic carbocycles. The van der Waals surface area contributed by atoms with E-state index in [0.29, 0.717) is 36.4 Å². The molecule has 2 unspecified atom stereocenters. The van der Waals surface area contributed by atoms with Crippen molar-refractivity contribution in [3.63, 3.8) is 0 Å². The van der Waals surface area contributed by atoms with Crippen LogP contribution in [0.1, 0.15) is 54.6 Å². The first-order chi connectivity index (χ1) is 13.5. The second-order valence-corrected chi connectivity index (χ2v) is 7.97. The van der Waals surface area contributed by atoms with Crippen molar-refractivity contribution >= 4 is 29.3 Å². The highest BCUT2D eigenvalue weighted by atomic mass is 16.2. The highest BCUT2D eigenvalue weighted by Crippen LogP contribution is 2.38. The summed E-state index contributed by atoms with van der Waals surface area (Å²) < 4.78 is 1.98. The monoisotopic (exact) mass is 384 g/mol. The van der Waals surface area contributed by atoms with E-state index in [9.17, 15) is 14.4 Å². The molecule has 2 aliphatic rings. The van der Waals surface area contributed by atoms with E-state index in [-0.39, 0.29) is 17.9 Å². The molecule has 3 heterocycles. The van der Waals surface area contributed by atoms with Crippen LogP contribution in [0.4, 0.5) is 0 Å². The maximum absolute atomic E-state index is 12.9. The van der Waals surface area contributed by atoms with E-state index in [2.05, 4.69) is 10.3 Å². The van der Waals surface area contributed by atoms with Gasteiger partial charge in [-0.3, -0.25) is 9.59 Å². The van der Waals surface area contributed by atoms with E-state index in [1.54, 1.807) is 18.0 Å². The topological polar surface area (TPSA) is 99.0 Å². The first kappa shape index (κ1) is 18.6. The quantitative estimate of drug-likeness (QED) is 0.453. The van der Waals surface area contributed by atoms with Crippen molar-refractivity contribution in [2.75, 3.05) is 13.1 Å². The van der Waals surface area contributed by atoms with Gasteiger partial charge in [0, 0.05) is 25.0 Å². The van der Waals surface area contributed by atoms with Crippen LogP contribution in [0.5, 0.6) is 0 Å². The molecule has 1 saturated carbocycles. The Morgan fingerprint density at radius 1 is 1.39 bits per heavy atom. The number of aldehydes is 1. The summed E-state index contributed by atoms with van der Waals surface area (Å²) in [6.45, 7) is 2.66. The van der Waals surface area contributed by atoms with Crippen molar-refractivity contribution in [3.8, 4) is 0 Å². The van der Waals surface area contributed by atoms with Crippen molar-refractivity contribution in [2.45, 2.75) is 44.6 Å². The minimum Gasteiger partial charge on any atom is -0.347 e. The molecule has 4 rings (SSSR count). The number of hydrogen-bond acceptors (Lipinski definition) is 4. The minimum atomic E-state index is -0.645. The van der Waals surface area contributed by atoms with Gasteiger partial charge in [0.2, 0.25) is 5.91 Å². The molecule has 1 aliphatic heterocycles. The Balaban J connectivity index is 1.50. The van der Waals surface area contributed by atoms with Gasteiger partial charge in [0.1, 0.15) is 24.2 Å². The van der Waals surface area contributed by atoms with Gasteiger partial charge in [0.15, 0.2) is 5.52 Å². The number of carbonyl (C=O) groups excluding carboxylic acids is 3. The summed E-state index contributed by atoms with van der Waals surface area (Å²) in [5.74, 6) is -0.509.